The van der Waals surface area contributed by atoms with Crippen LogP contribution < -0.4 is 25.6 Å². The lowest BCUT2D eigenvalue weighted by atomic mass is 10.1. The van der Waals surface area contributed by atoms with E-state index in [2.05, 4.69) is 32.1 Å². The molecule has 0 heterocycles. The number of hydrogen-bond acceptors (Lipinski definition) is 5. The second kappa shape index (κ2) is 10.9. The Morgan fingerprint density at radius 3 is 2.50 bits per heavy atom. The molecule has 0 saturated heterocycles. The standard InChI is InChI=1S/C21H24BrN3O4S/c1-12(2)29-18-9-8-15(10-16(18)22)20(27)23-21(30)25-24-19(26)11-28-17-7-5-6-13(3)14(17)4/h5-10,12H,11H2,1-4H3,(H,24,26)(H2,23,25,27,30). The van der Waals surface area contributed by atoms with E-state index in [1.54, 1.807) is 24.3 Å². The highest BCUT2D eigenvalue weighted by Crippen LogP contribution is 2.27. The molecule has 0 spiro atoms. The SMILES string of the molecule is Cc1cccc(OCC(=O)NNC(=S)NC(=O)c2ccc(OC(C)C)c(Br)c2)c1C. The smallest absolute Gasteiger partial charge is 0.276 e. The zero-order valence-electron chi connectivity index (χ0n) is 17.2. The molecule has 0 aliphatic heterocycles. The van der Waals surface area contributed by atoms with Crippen LogP contribution in [0.5, 0.6) is 11.5 Å². The molecule has 3 N–H and O–H groups in total. The number of amides is 2. The lowest BCUT2D eigenvalue weighted by molar-refractivity contribution is -0.123. The highest BCUT2D eigenvalue weighted by atomic mass is 79.9. The van der Waals surface area contributed by atoms with Crippen LogP contribution in [0.4, 0.5) is 0 Å². The molecule has 2 aromatic carbocycles. The van der Waals surface area contributed by atoms with E-state index in [4.69, 9.17) is 21.7 Å². The average Bonchev–Trinajstić information content (AvgIpc) is 2.68. The second-order valence-corrected chi connectivity index (χ2v) is 8.02. The van der Waals surface area contributed by atoms with Crippen LogP contribution in [-0.2, 0) is 4.79 Å². The molecule has 0 atom stereocenters. The number of hydrogen-bond donors (Lipinski definition) is 3. The first-order valence-corrected chi connectivity index (χ1v) is 10.4. The molecule has 7 nitrogen and oxygen atoms in total. The maximum Gasteiger partial charge on any atom is 0.276 e. The molecule has 30 heavy (non-hydrogen) atoms. The third-order valence-electron chi connectivity index (χ3n) is 4.01. The second-order valence-electron chi connectivity index (χ2n) is 6.75. The van der Waals surface area contributed by atoms with Gasteiger partial charge in [0, 0.05) is 5.56 Å². The van der Waals surface area contributed by atoms with Gasteiger partial charge in [-0.2, -0.15) is 0 Å². The fourth-order valence-electron chi connectivity index (χ4n) is 2.38. The Kier molecular flexibility index (Phi) is 8.61. The van der Waals surface area contributed by atoms with Crippen molar-refractivity contribution in [2.75, 3.05) is 6.61 Å². The summed E-state index contributed by atoms with van der Waals surface area (Å²) in [6.07, 6.45) is 0.0141. The van der Waals surface area contributed by atoms with E-state index in [0.717, 1.165) is 11.1 Å². The van der Waals surface area contributed by atoms with Gasteiger partial charge in [-0.1, -0.05) is 12.1 Å². The summed E-state index contributed by atoms with van der Waals surface area (Å²) in [5.74, 6) is 0.408. The largest absolute Gasteiger partial charge is 0.490 e. The third kappa shape index (κ3) is 7.00. The van der Waals surface area contributed by atoms with E-state index in [-0.39, 0.29) is 17.8 Å². The molecule has 0 unspecified atom stereocenters. The van der Waals surface area contributed by atoms with Gasteiger partial charge in [0.15, 0.2) is 11.7 Å². The van der Waals surface area contributed by atoms with Crippen LogP contribution in [0, 0.1) is 13.8 Å². The van der Waals surface area contributed by atoms with Crippen molar-refractivity contribution in [2.24, 2.45) is 0 Å². The summed E-state index contributed by atoms with van der Waals surface area (Å²) in [6.45, 7) is 7.52. The molecule has 2 rings (SSSR count). The summed E-state index contributed by atoms with van der Waals surface area (Å²) >= 11 is 8.43. The molecule has 2 amide bonds. The van der Waals surface area contributed by atoms with Gasteiger partial charge in [-0.05, 0) is 91.2 Å². The van der Waals surface area contributed by atoms with Crippen LogP contribution in [0.3, 0.4) is 0 Å². The number of nitrogens with one attached hydrogen (secondary N) is 3. The number of aryl methyl sites for hydroxylation is 1. The fraction of sp³-hybridized carbons (Fsp3) is 0.286. The Bertz CT molecular complexity index is 950. The zero-order valence-corrected chi connectivity index (χ0v) is 19.6. The molecule has 0 aromatic heterocycles. The predicted molar refractivity (Wildman–Crippen MR) is 123 cm³/mol. The van der Waals surface area contributed by atoms with E-state index < -0.39 is 11.8 Å². The van der Waals surface area contributed by atoms with E-state index in [1.165, 1.54) is 0 Å². The molecule has 9 heteroatoms. The Hall–Kier alpha value is -2.65. The number of carbonyl (C=O) groups is 2. The summed E-state index contributed by atoms with van der Waals surface area (Å²) in [7, 11) is 0. The van der Waals surface area contributed by atoms with Gasteiger partial charge < -0.3 is 9.47 Å². The van der Waals surface area contributed by atoms with Crippen molar-refractivity contribution in [3.05, 3.63) is 57.6 Å². The number of rotatable bonds is 6. The summed E-state index contributed by atoms with van der Waals surface area (Å²) in [4.78, 5) is 24.3. The number of ether oxygens (including phenoxy) is 2. The maximum absolute atomic E-state index is 12.3. The fourth-order valence-corrected chi connectivity index (χ4v) is 3.00. The first kappa shape index (κ1) is 23.6. The number of thiocarbonyl (C=S) groups is 1. The first-order chi connectivity index (χ1) is 14.2. The Morgan fingerprint density at radius 2 is 1.83 bits per heavy atom. The minimum absolute atomic E-state index is 0.0141. The van der Waals surface area contributed by atoms with Crippen LogP contribution in [0.2, 0.25) is 0 Å². The predicted octanol–water partition coefficient (Wildman–Crippen LogP) is 3.57. The maximum atomic E-state index is 12.3. The van der Waals surface area contributed by atoms with Gasteiger partial charge in [0.05, 0.1) is 10.6 Å². The van der Waals surface area contributed by atoms with Gasteiger partial charge in [-0.25, -0.2) is 0 Å². The van der Waals surface area contributed by atoms with Crippen LogP contribution in [0.1, 0.15) is 35.3 Å². The van der Waals surface area contributed by atoms with Gasteiger partial charge in [-0.15, -0.1) is 0 Å². The molecule has 0 fully saturated rings. The van der Waals surface area contributed by atoms with Crippen molar-refractivity contribution in [3.8, 4) is 11.5 Å². The quantitative estimate of drug-likeness (QED) is 0.421. The Morgan fingerprint density at radius 1 is 1.10 bits per heavy atom. The molecule has 0 saturated carbocycles. The van der Waals surface area contributed by atoms with Crippen molar-refractivity contribution >= 4 is 45.1 Å². The summed E-state index contributed by atoms with van der Waals surface area (Å²) in [5.41, 5.74) is 7.29. The van der Waals surface area contributed by atoms with Gasteiger partial charge in [0.25, 0.3) is 11.8 Å². The van der Waals surface area contributed by atoms with Gasteiger partial charge in [-0.3, -0.25) is 25.8 Å². The number of benzene rings is 2. The topological polar surface area (TPSA) is 88.7 Å². The monoisotopic (exact) mass is 493 g/mol. The Balaban J connectivity index is 1.81. The molecule has 2 aromatic rings. The van der Waals surface area contributed by atoms with Crippen molar-refractivity contribution in [3.63, 3.8) is 0 Å². The molecule has 0 bridgehead atoms. The summed E-state index contributed by atoms with van der Waals surface area (Å²) < 4.78 is 11.8. The van der Waals surface area contributed by atoms with E-state index in [1.807, 2.05) is 39.8 Å². The molecular weight excluding hydrogens is 470 g/mol. The van der Waals surface area contributed by atoms with Crippen LogP contribution in [-0.4, -0.2) is 29.6 Å². The van der Waals surface area contributed by atoms with E-state index in [9.17, 15) is 9.59 Å². The average molecular weight is 494 g/mol. The van der Waals surface area contributed by atoms with Crippen molar-refractivity contribution in [1.82, 2.24) is 16.2 Å². The molecule has 160 valence electrons. The normalized spacial score (nSPS) is 10.3. The molecule has 0 radical (unpaired) electrons. The lowest BCUT2D eigenvalue weighted by Gasteiger charge is -2.14. The highest BCUT2D eigenvalue weighted by molar-refractivity contribution is 9.10. The third-order valence-corrected chi connectivity index (χ3v) is 4.84. The van der Waals surface area contributed by atoms with Crippen LogP contribution >= 0.6 is 28.1 Å². The zero-order chi connectivity index (χ0) is 22.3. The summed E-state index contributed by atoms with van der Waals surface area (Å²) in [5, 5.41) is 2.45. The molecular formula is C21H24BrN3O4S. The van der Waals surface area contributed by atoms with Crippen LogP contribution in [0.15, 0.2) is 40.9 Å². The van der Waals surface area contributed by atoms with Crippen LogP contribution in [0.25, 0.3) is 0 Å². The van der Waals surface area contributed by atoms with Gasteiger partial charge in [0.2, 0.25) is 0 Å². The Labute approximate surface area is 189 Å². The first-order valence-electron chi connectivity index (χ1n) is 9.22. The summed E-state index contributed by atoms with van der Waals surface area (Å²) in [6, 6.07) is 10.6. The van der Waals surface area contributed by atoms with Gasteiger partial charge in [0.1, 0.15) is 11.5 Å². The minimum atomic E-state index is -0.439. The number of hydrazine groups is 1. The highest BCUT2D eigenvalue weighted by Gasteiger charge is 2.12. The lowest BCUT2D eigenvalue weighted by Crippen LogP contribution is -2.49. The molecule has 0 aliphatic rings. The van der Waals surface area contributed by atoms with E-state index >= 15 is 0 Å². The van der Waals surface area contributed by atoms with E-state index in [0.29, 0.717) is 21.5 Å². The van der Waals surface area contributed by atoms with Crippen molar-refractivity contribution in [1.29, 1.82) is 0 Å². The number of carbonyl (C=O) groups excluding carboxylic acids is 2. The number of halogens is 1. The minimum Gasteiger partial charge on any atom is -0.490 e. The van der Waals surface area contributed by atoms with Gasteiger partial charge >= 0.3 is 0 Å². The van der Waals surface area contributed by atoms with Crippen molar-refractivity contribution in [2.45, 2.75) is 33.8 Å². The molecule has 0 aliphatic carbocycles. The van der Waals surface area contributed by atoms with Crippen molar-refractivity contribution < 1.29 is 19.1 Å².